The van der Waals surface area contributed by atoms with Crippen LogP contribution in [0.4, 0.5) is 5.13 Å². The zero-order valence-electron chi connectivity index (χ0n) is 11.1. The van der Waals surface area contributed by atoms with Crippen molar-refractivity contribution in [3.8, 4) is 0 Å². The molecule has 0 aromatic carbocycles. The summed E-state index contributed by atoms with van der Waals surface area (Å²) in [5.74, 6) is 1.000. The Labute approximate surface area is 113 Å². The predicted molar refractivity (Wildman–Crippen MR) is 75.3 cm³/mol. The van der Waals surface area contributed by atoms with Crippen LogP contribution in [0.2, 0.25) is 0 Å². The Balaban J connectivity index is 1.86. The van der Waals surface area contributed by atoms with Gasteiger partial charge >= 0.3 is 0 Å². The minimum atomic E-state index is 0.320. The van der Waals surface area contributed by atoms with E-state index >= 15 is 0 Å². The summed E-state index contributed by atoms with van der Waals surface area (Å²) < 4.78 is 4.46. The molecule has 0 unspecified atom stereocenters. The van der Waals surface area contributed by atoms with Crippen LogP contribution >= 0.6 is 11.5 Å². The van der Waals surface area contributed by atoms with Gasteiger partial charge in [0.2, 0.25) is 5.13 Å². The lowest BCUT2D eigenvalue weighted by atomic mass is 9.79. The predicted octanol–water partition coefficient (Wildman–Crippen LogP) is 2.21. The molecule has 1 spiro atoms. The van der Waals surface area contributed by atoms with Crippen LogP contribution in [0, 0.1) is 0 Å². The van der Waals surface area contributed by atoms with Gasteiger partial charge in [0, 0.05) is 37.6 Å². The first-order valence-electron chi connectivity index (χ1n) is 7.15. The molecule has 0 radical (unpaired) electrons. The SMILES string of the molecule is CCc1nsc(N2CCNCC23CCCCC3)n1. The summed E-state index contributed by atoms with van der Waals surface area (Å²) in [5, 5.41) is 4.73. The minimum Gasteiger partial charge on any atom is -0.339 e. The second-order valence-electron chi connectivity index (χ2n) is 5.46. The van der Waals surface area contributed by atoms with Crippen LogP contribution in [0.25, 0.3) is 0 Å². The quantitative estimate of drug-likeness (QED) is 0.891. The highest BCUT2D eigenvalue weighted by Gasteiger charge is 2.41. The van der Waals surface area contributed by atoms with E-state index in [2.05, 4.69) is 21.5 Å². The first-order valence-corrected chi connectivity index (χ1v) is 7.92. The summed E-state index contributed by atoms with van der Waals surface area (Å²) in [4.78, 5) is 7.26. The number of aromatic nitrogens is 2. The molecule has 1 saturated carbocycles. The Morgan fingerprint density at radius 2 is 2.17 bits per heavy atom. The van der Waals surface area contributed by atoms with Gasteiger partial charge in [-0.3, -0.25) is 0 Å². The van der Waals surface area contributed by atoms with E-state index in [1.165, 1.54) is 32.1 Å². The van der Waals surface area contributed by atoms with Crippen molar-refractivity contribution < 1.29 is 0 Å². The molecule has 1 N–H and O–H groups in total. The monoisotopic (exact) mass is 266 g/mol. The van der Waals surface area contributed by atoms with Gasteiger partial charge in [-0.05, 0) is 12.8 Å². The summed E-state index contributed by atoms with van der Waals surface area (Å²) in [6.45, 7) is 5.40. The Morgan fingerprint density at radius 3 is 2.89 bits per heavy atom. The highest BCUT2D eigenvalue weighted by Crippen LogP contribution is 2.38. The largest absolute Gasteiger partial charge is 0.339 e. The van der Waals surface area contributed by atoms with Gasteiger partial charge in [-0.25, -0.2) is 4.98 Å². The van der Waals surface area contributed by atoms with Crippen molar-refractivity contribution >= 4 is 16.7 Å². The number of rotatable bonds is 2. The number of nitrogens with zero attached hydrogens (tertiary/aromatic N) is 3. The second-order valence-corrected chi connectivity index (χ2v) is 6.19. The van der Waals surface area contributed by atoms with Crippen molar-refractivity contribution in [3.05, 3.63) is 5.82 Å². The molecule has 5 heteroatoms. The van der Waals surface area contributed by atoms with Gasteiger partial charge in [0.05, 0.1) is 5.54 Å². The van der Waals surface area contributed by atoms with Crippen molar-refractivity contribution in [2.24, 2.45) is 0 Å². The van der Waals surface area contributed by atoms with Crippen molar-refractivity contribution in [2.75, 3.05) is 24.5 Å². The molecule has 2 fully saturated rings. The fourth-order valence-corrected chi connectivity index (χ4v) is 4.18. The first kappa shape index (κ1) is 12.4. The van der Waals surface area contributed by atoms with E-state index in [4.69, 9.17) is 4.98 Å². The van der Waals surface area contributed by atoms with E-state index in [9.17, 15) is 0 Å². The van der Waals surface area contributed by atoms with Gasteiger partial charge in [-0.1, -0.05) is 26.2 Å². The van der Waals surface area contributed by atoms with Gasteiger partial charge in [0.1, 0.15) is 5.82 Å². The first-order chi connectivity index (χ1) is 8.84. The Kier molecular flexibility index (Phi) is 3.52. The van der Waals surface area contributed by atoms with Crippen LogP contribution in [0.3, 0.4) is 0 Å². The third-order valence-corrected chi connectivity index (χ3v) is 5.10. The minimum absolute atomic E-state index is 0.320. The van der Waals surface area contributed by atoms with Gasteiger partial charge in [0.25, 0.3) is 0 Å². The van der Waals surface area contributed by atoms with Gasteiger partial charge < -0.3 is 10.2 Å². The van der Waals surface area contributed by atoms with Crippen LogP contribution in [-0.4, -0.2) is 34.5 Å². The topological polar surface area (TPSA) is 41.1 Å². The van der Waals surface area contributed by atoms with Crippen molar-refractivity contribution in [3.63, 3.8) is 0 Å². The fourth-order valence-electron chi connectivity index (χ4n) is 3.30. The zero-order chi connectivity index (χ0) is 12.4. The highest BCUT2D eigenvalue weighted by molar-refractivity contribution is 7.09. The van der Waals surface area contributed by atoms with E-state index in [1.807, 2.05) is 0 Å². The average Bonchev–Trinajstić information content (AvgIpc) is 2.89. The van der Waals surface area contributed by atoms with Crippen molar-refractivity contribution in [1.82, 2.24) is 14.7 Å². The number of nitrogens with one attached hydrogen (secondary N) is 1. The van der Waals surface area contributed by atoms with Crippen LogP contribution in [-0.2, 0) is 6.42 Å². The molecule has 0 bridgehead atoms. The molecule has 100 valence electrons. The standard InChI is InChI=1S/C13H22N4S/c1-2-11-15-12(18-16-11)17-9-8-14-10-13(17)6-4-3-5-7-13/h14H,2-10H2,1H3. The maximum absolute atomic E-state index is 4.71. The normalized spacial score (nSPS) is 23.5. The molecule has 0 atom stereocenters. The number of hydrogen-bond donors (Lipinski definition) is 1. The smallest absolute Gasteiger partial charge is 0.205 e. The van der Waals surface area contributed by atoms with E-state index in [1.54, 1.807) is 11.5 Å². The van der Waals surface area contributed by atoms with Crippen LogP contribution in [0.15, 0.2) is 0 Å². The molecular formula is C13H22N4S. The van der Waals surface area contributed by atoms with E-state index in [-0.39, 0.29) is 0 Å². The van der Waals surface area contributed by atoms with Gasteiger partial charge in [-0.2, -0.15) is 4.37 Å². The number of hydrogen-bond acceptors (Lipinski definition) is 5. The number of piperazine rings is 1. The molecular weight excluding hydrogens is 244 g/mol. The average molecular weight is 266 g/mol. The van der Waals surface area contributed by atoms with Crippen molar-refractivity contribution in [1.29, 1.82) is 0 Å². The second kappa shape index (κ2) is 5.13. The molecule has 1 aromatic rings. The molecule has 0 amide bonds. The molecule has 2 aliphatic rings. The summed E-state index contributed by atoms with van der Waals surface area (Å²) in [5.41, 5.74) is 0.320. The van der Waals surface area contributed by atoms with Gasteiger partial charge in [0.15, 0.2) is 0 Å². The Bertz CT molecular complexity index is 389. The summed E-state index contributed by atoms with van der Waals surface area (Å²) >= 11 is 1.59. The summed E-state index contributed by atoms with van der Waals surface area (Å²) in [6, 6.07) is 0. The van der Waals surface area contributed by atoms with Crippen LogP contribution in [0.5, 0.6) is 0 Å². The summed E-state index contributed by atoms with van der Waals surface area (Å²) in [7, 11) is 0. The molecule has 2 heterocycles. The number of anilines is 1. The molecule has 1 aliphatic heterocycles. The van der Waals surface area contributed by atoms with Crippen molar-refractivity contribution in [2.45, 2.75) is 51.0 Å². The van der Waals surface area contributed by atoms with E-state index in [0.29, 0.717) is 5.54 Å². The highest BCUT2D eigenvalue weighted by atomic mass is 32.1. The lowest BCUT2D eigenvalue weighted by Crippen LogP contribution is -2.62. The van der Waals surface area contributed by atoms with Crippen LogP contribution < -0.4 is 10.2 Å². The zero-order valence-corrected chi connectivity index (χ0v) is 11.9. The molecule has 18 heavy (non-hydrogen) atoms. The third-order valence-electron chi connectivity index (χ3n) is 4.33. The summed E-state index contributed by atoms with van der Waals surface area (Å²) in [6.07, 6.45) is 7.67. The molecule has 1 saturated heterocycles. The number of aryl methyl sites for hydroxylation is 1. The fraction of sp³-hybridized carbons (Fsp3) is 0.846. The van der Waals surface area contributed by atoms with Crippen LogP contribution in [0.1, 0.15) is 44.9 Å². The third kappa shape index (κ3) is 2.14. The molecule has 4 nitrogen and oxygen atoms in total. The molecule has 1 aromatic heterocycles. The van der Waals surface area contributed by atoms with Gasteiger partial charge in [-0.15, -0.1) is 0 Å². The maximum atomic E-state index is 4.71. The Morgan fingerprint density at radius 1 is 1.33 bits per heavy atom. The maximum Gasteiger partial charge on any atom is 0.205 e. The molecule has 1 aliphatic carbocycles. The lowest BCUT2D eigenvalue weighted by molar-refractivity contribution is 0.241. The van der Waals surface area contributed by atoms with E-state index < -0.39 is 0 Å². The molecule has 3 rings (SSSR count). The lowest BCUT2D eigenvalue weighted by Gasteiger charge is -2.49. The Hall–Kier alpha value is -0.680. The van der Waals surface area contributed by atoms with E-state index in [0.717, 1.165) is 37.0 Å².